The lowest BCUT2D eigenvalue weighted by molar-refractivity contribution is 0.381. The maximum atomic E-state index is 13.6. The van der Waals surface area contributed by atoms with Crippen LogP contribution in [-0.2, 0) is 0 Å². The molecule has 1 saturated carbocycles. The predicted molar refractivity (Wildman–Crippen MR) is 76.6 cm³/mol. The molecule has 1 aliphatic carbocycles. The van der Waals surface area contributed by atoms with Gasteiger partial charge in [0.25, 0.3) is 0 Å². The summed E-state index contributed by atoms with van der Waals surface area (Å²) in [6.45, 7) is 3.20. The average Bonchev–Trinajstić information content (AvgIpc) is 2.41. The monoisotopic (exact) mass is 285 g/mol. The van der Waals surface area contributed by atoms with Gasteiger partial charge in [-0.25, -0.2) is 8.78 Å². The van der Waals surface area contributed by atoms with E-state index in [0.29, 0.717) is 16.2 Å². The molecule has 1 aromatic rings. The van der Waals surface area contributed by atoms with Crippen molar-refractivity contribution in [2.24, 2.45) is 0 Å². The van der Waals surface area contributed by atoms with Crippen molar-refractivity contribution < 1.29 is 8.78 Å². The number of nitrogens with one attached hydrogen (secondary N) is 1. The maximum Gasteiger partial charge on any atom is 0.136 e. The highest BCUT2D eigenvalue weighted by Crippen LogP contribution is 2.35. The van der Waals surface area contributed by atoms with E-state index in [2.05, 4.69) is 12.2 Å². The first-order chi connectivity index (χ1) is 9.19. The van der Waals surface area contributed by atoms with E-state index < -0.39 is 0 Å². The van der Waals surface area contributed by atoms with E-state index in [0.717, 1.165) is 32.2 Å². The van der Waals surface area contributed by atoms with Crippen molar-refractivity contribution in [3.63, 3.8) is 0 Å². The van der Waals surface area contributed by atoms with Gasteiger partial charge in [0, 0.05) is 16.2 Å². The number of hydrogen-bond donors (Lipinski definition) is 1. The average molecular weight is 285 g/mol. The summed E-state index contributed by atoms with van der Waals surface area (Å²) in [6.07, 6.45) is 5.62. The van der Waals surface area contributed by atoms with Crippen LogP contribution in [0.3, 0.4) is 0 Å². The van der Waals surface area contributed by atoms with Gasteiger partial charge in [0.15, 0.2) is 0 Å². The molecule has 0 saturated heterocycles. The zero-order valence-electron chi connectivity index (χ0n) is 11.3. The lowest BCUT2D eigenvalue weighted by atomic mass is 9.95. The van der Waals surface area contributed by atoms with Crippen molar-refractivity contribution in [2.75, 3.05) is 6.54 Å². The fraction of sp³-hybridized carbons (Fsp3) is 0.600. The summed E-state index contributed by atoms with van der Waals surface area (Å²) in [5.41, 5.74) is 0. The Balaban J connectivity index is 1.93. The molecule has 0 aliphatic heterocycles. The number of rotatable bonds is 5. The van der Waals surface area contributed by atoms with E-state index in [9.17, 15) is 8.78 Å². The molecular weight excluding hydrogens is 264 g/mol. The third-order valence-electron chi connectivity index (χ3n) is 3.50. The van der Waals surface area contributed by atoms with Gasteiger partial charge in [0.2, 0.25) is 0 Å². The van der Waals surface area contributed by atoms with Gasteiger partial charge in [-0.1, -0.05) is 13.3 Å². The predicted octanol–water partition coefficient (Wildman–Crippen LogP) is 4.37. The van der Waals surface area contributed by atoms with Gasteiger partial charge >= 0.3 is 0 Å². The zero-order chi connectivity index (χ0) is 13.7. The van der Waals surface area contributed by atoms with Gasteiger partial charge in [0.1, 0.15) is 11.6 Å². The van der Waals surface area contributed by atoms with Crippen LogP contribution in [0.1, 0.15) is 39.0 Å². The summed E-state index contributed by atoms with van der Waals surface area (Å²) in [5, 5.41) is 3.92. The summed E-state index contributed by atoms with van der Waals surface area (Å²) >= 11 is 1.49. The molecule has 1 nitrogen and oxygen atoms in total. The molecule has 106 valence electrons. The quantitative estimate of drug-likeness (QED) is 0.862. The van der Waals surface area contributed by atoms with E-state index in [-0.39, 0.29) is 11.6 Å². The first-order valence-corrected chi connectivity index (χ1v) is 7.92. The highest BCUT2D eigenvalue weighted by molar-refractivity contribution is 8.00. The molecule has 2 rings (SSSR count). The summed E-state index contributed by atoms with van der Waals surface area (Å²) in [5.74, 6) is -0.671. The molecule has 2 unspecified atom stereocenters. The molecule has 1 N–H and O–H groups in total. The molecule has 0 aromatic heterocycles. The Labute approximate surface area is 118 Å². The van der Waals surface area contributed by atoms with Crippen molar-refractivity contribution in [2.45, 2.75) is 55.2 Å². The minimum Gasteiger partial charge on any atom is -0.314 e. The molecule has 0 spiro atoms. The second kappa shape index (κ2) is 7.25. The third-order valence-corrected chi connectivity index (χ3v) is 4.82. The topological polar surface area (TPSA) is 12.0 Å². The first kappa shape index (κ1) is 14.8. The Kier molecular flexibility index (Phi) is 5.64. The van der Waals surface area contributed by atoms with Crippen molar-refractivity contribution in [3.05, 3.63) is 29.8 Å². The molecule has 0 amide bonds. The van der Waals surface area contributed by atoms with Crippen LogP contribution >= 0.6 is 11.8 Å². The SMILES string of the molecule is CCCNC1CCCC(Sc2cc(F)ccc2F)C1. The van der Waals surface area contributed by atoms with Crippen LogP contribution in [-0.4, -0.2) is 17.8 Å². The lowest BCUT2D eigenvalue weighted by Crippen LogP contribution is -2.35. The van der Waals surface area contributed by atoms with E-state index in [1.54, 1.807) is 0 Å². The first-order valence-electron chi connectivity index (χ1n) is 7.04. The van der Waals surface area contributed by atoms with Crippen molar-refractivity contribution in [1.82, 2.24) is 5.32 Å². The number of benzene rings is 1. The standard InChI is InChI=1S/C15H21F2NS/c1-2-8-18-12-4-3-5-13(10-12)19-15-9-11(16)6-7-14(15)17/h6-7,9,12-13,18H,2-5,8,10H2,1H3. The molecule has 2 atom stereocenters. The van der Waals surface area contributed by atoms with Gasteiger partial charge in [-0.05, 0) is 50.4 Å². The summed E-state index contributed by atoms with van der Waals surface area (Å²) in [7, 11) is 0. The Morgan fingerprint density at radius 3 is 2.95 bits per heavy atom. The normalized spacial score (nSPS) is 23.5. The minimum absolute atomic E-state index is 0.310. The Morgan fingerprint density at radius 2 is 2.16 bits per heavy atom. The summed E-state index contributed by atoms with van der Waals surface area (Å²) in [6, 6.07) is 4.23. The van der Waals surface area contributed by atoms with E-state index in [4.69, 9.17) is 0 Å². The number of halogens is 2. The smallest absolute Gasteiger partial charge is 0.136 e. The Bertz CT molecular complexity index is 411. The second-order valence-corrected chi connectivity index (χ2v) is 6.47. The number of thioether (sulfide) groups is 1. The van der Waals surface area contributed by atoms with Crippen molar-refractivity contribution in [1.29, 1.82) is 0 Å². The lowest BCUT2D eigenvalue weighted by Gasteiger charge is -2.29. The molecule has 0 bridgehead atoms. The number of hydrogen-bond acceptors (Lipinski definition) is 2. The molecule has 1 aliphatic rings. The Morgan fingerprint density at radius 1 is 1.32 bits per heavy atom. The second-order valence-electron chi connectivity index (χ2n) is 5.13. The molecule has 1 aromatic carbocycles. The molecular formula is C15H21F2NS. The van der Waals surface area contributed by atoms with Crippen LogP contribution in [0.15, 0.2) is 23.1 Å². The molecule has 0 radical (unpaired) electrons. The van der Waals surface area contributed by atoms with Crippen molar-refractivity contribution >= 4 is 11.8 Å². The minimum atomic E-state index is -0.361. The summed E-state index contributed by atoms with van der Waals surface area (Å²) < 4.78 is 26.8. The van der Waals surface area contributed by atoms with Gasteiger partial charge in [-0.15, -0.1) is 11.8 Å². The molecule has 1 fully saturated rings. The van der Waals surface area contributed by atoms with Gasteiger partial charge < -0.3 is 5.32 Å². The van der Waals surface area contributed by atoms with Crippen LogP contribution in [0.2, 0.25) is 0 Å². The highest BCUT2D eigenvalue weighted by atomic mass is 32.2. The van der Waals surface area contributed by atoms with Gasteiger partial charge in [-0.2, -0.15) is 0 Å². The van der Waals surface area contributed by atoms with Crippen LogP contribution < -0.4 is 5.32 Å². The van der Waals surface area contributed by atoms with Crippen LogP contribution in [0.25, 0.3) is 0 Å². The van der Waals surface area contributed by atoms with Crippen LogP contribution in [0, 0.1) is 11.6 Å². The van der Waals surface area contributed by atoms with Crippen molar-refractivity contribution in [3.8, 4) is 0 Å². The van der Waals surface area contributed by atoms with E-state index >= 15 is 0 Å². The van der Waals surface area contributed by atoms with E-state index in [1.807, 2.05) is 0 Å². The van der Waals surface area contributed by atoms with Crippen LogP contribution in [0.5, 0.6) is 0 Å². The molecule has 19 heavy (non-hydrogen) atoms. The maximum absolute atomic E-state index is 13.6. The van der Waals surface area contributed by atoms with Gasteiger partial charge in [-0.3, -0.25) is 0 Å². The third kappa shape index (κ3) is 4.46. The van der Waals surface area contributed by atoms with Gasteiger partial charge in [0.05, 0.1) is 0 Å². The van der Waals surface area contributed by atoms with Crippen LogP contribution in [0.4, 0.5) is 8.78 Å². The fourth-order valence-corrected chi connectivity index (χ4v) is 3.87. The largest absolute Gasteiger partial charge is 0.314 e. The molecule has 0 heterocycles. The summed E-state index contributed by atoms with van der Waals surface area (Å²) in [4.78, 5) is 0.446. The Hall–Kier alpha value is -0.610. The fourth-order valence-electron chi connectivity index (χ4n) is 2.53. The molecule has 4 heteroatoms. The highest BCUT2D eigenvalue weighted by Gasteiger charge is 2.23. The van der Waals surface area contributed by atoms with E-state index in [1.165, 1.54) is 36.4 Å². The zero-order valence-corrected chi connectivity index (χ0v) is 12.1.